The van der Waals surface area contributed by atoms with E-state index < -0.39 is 0 Å². The number of nitrogens with zero attached hydrogens (tertiary/aromatic N) is 1. The lowest BCUT2D eigenvalue weighted by Crippen LogP contribution is -2.28. The van der Waals surface area contributed by atoms with Gasteiger partial charge in [0.1, 0.15) is 4.87 Å². The Labute approximate surface area is 81.4 Å². The maximum absolute atomic E-state index is 5.60. The fourth-order valence-corrected chi connectivity index (χ4v) is 2.15. The van der Waals surface area contributed by atoms with E-state index in [1.165, 1.54) is 17.3 Å². The summed E-state index contributed by atoms with van der Waals surface area (Å²) in [6, 6.07) is 10.1. The molecule has 0 aliphatic carbocycles. The molecule has 1 aliphatic rings. The first-order valence-corrected chi connectivity index (χ1v) is 4.87. The molecule has 0 fully saturated rings. The third kappa shape index (κ3) is 1.49. The van der Waals surface area contributed by atoms with E-state index in [-0.39, 0.29) is 4.87 Å². The molecule has 0 radical (unpaired) electrons. The van der Waals surface area contributed by atoms with Crippen LogP contribution >= 0.6 is 11.8 Å². The molecule has 68 valence electrons. The highest BCUT2D eigenvalue weighted by Gasteiger charge is 2.32. The van der Waals surface area contributed by atoms with Crippen LogP contribution in [0, 0.1) is 0 Å². The maximum Gasteiger partial charge on any atom is 0.180 e. The average molecular weight is 193 g/mol. The second kappa shape index (κ2) is 2.96. The summed E-state index contributed by atoms with van der Waals surface area (Å²) in [6.45, 7) is 2.07. The van der Waals surface area contributed by atoms with Crippen molar-refractivity contribution in [1.29, 1.82) is 0 Å². The molecule has 0 saturated heterocycles. The molecule has 3 nitrogen and oxygen atoms in total. The van der Waals surface area contributed by atoms with E-state index in [1.54, 1.807) is 0 Å². The van der Waals surface area contributed by atoms with Crippen molar-refractivity contribution in [3.05, 3.63) is 35.9 Å². The number of hydrogen-bond donors (Lipinski definition) is 2. The van der Waals surface area contributed by atoms with Crippen LogP contribution in [0.25, 0.3) is 0 Å². The van der Waals surface area contributed by atoms with E-state index >= 15 is 0 Å². The average Bonchev–Trinajstić information content (AvgIpc) is 2.49. The monoisotopic (exact) mass is 193 g/mol. The molecule has 0 spiro atoms. The Kier molecular flexibility index (Phi) is 1.92. The van der Waals surface area contributed by atoms with Crippen LogP contribution in [0.15, 0.2) is 35.4 Å². The molecule has 13 heavy (non-hydrogen) atoms. The van der Waals surface area contributed by atoms with Crippen molar-refractivity contribution in [2.75, 3.05) is 0 Å². The van der Waals surface area contributed by atoms with Gasteiger partial charge in [-0.05, 0) is 12.5 Å². The number of benzene rings is 1. The van der Waals surface area contributed by atoms with E-state index in [4.69, 9.17) is 5.73 Å². The van der Waals surface area contributed by atoms with Gasteiger partial charge in [-0.15, -0.1) is 0 Å². The summed E-state index contributed by atoms with van der Waals surface area (Å²) in [6.07, 6.45) is 0. The minimum absolute atomic E-state index is 0.203. The summed E-state index contributed by atoms with van der Waals surface area (Å²) in [5, 5.41) is 4.56. The molecule has 1 heterocycles. The van der Waals surface area contributed by atoms with E-state index in [9.17, 15) is 0 Å². The van der Waals surface area contributed by atoms with E-state index in [0.717, 1.165) is 0 Å². The van der Waals surface area contributed by atoms with Gasteiger partial charge in [-0.2, -0.15) is 5.10 Å². The van der Waals surface area contributed by atoms with Gasteiger partial charge in [-0.25, -0.2) is 0 Å². The highest BCUT2D eigenvalue weighted by Crippen LogP contribution is 2.36. The number of nitrogens with two attached hydrogens (primary N) is 1. The molecule has 3 N–H and O–H groups in total. The summed E-state index contributed by atoms with van der Waals surface area (Å²) in [5.74, 6) is 0. The molecule has 0 aromatic heterocycles. The molecule has 1 atom stereocenters. The molecule has 1 aromatic carbocycles. The Morgan fingerprint density at radius 2 is 2.08 bits per heavy atom. The van der Waals surface area contributed by atoms with Crippen molar-refractivity contribution in [1.82, 2.24) is 5.43 Å². The third-order valence-corrected chi connectivity index (χ3v) is 3.05. The number of amidine groups is 1. The largest absolute Gasteiger partial charge is 0.377 e. The van der Waals surface area contributed by atoms with Crippen LogP contribution in [0.3, 0.4) is 0 Å². The lowest BCUT2D eigenvalue weighted by molar-refractivity contribution is 0.563. The van der Waals surface area contributed by atoms with E-state index in [1.807, 2.05) is 18.2 Å². The molecule has 1 unspecified atom stereocenters. The molecule has 4 heteroatoms. The predicted molar refractivity (Wildman–Crippen MR) is 56.1 cm³/mol. The Morgan fingerprint density at radius 1 is 1.38 bits per heavy atom. The van der Waals surface area contributed by atoms with Gasteiger partial charge in [0.15, 0.2) is 5.17 Å². The minimum atomic E-state index is -0.203. The Morgan fingerprint density at radius 3 is 2.62 bits per heavy atom. The molecule has 0 amide bonds. The molecule has 1 aromatic rings. The van der Waals surface area contributed by atoms with Crippen molar-refractivity contribution in [3.8, 4) is 0 Å². The Bertz CT molecular complexity index is 336. The van der Waals surface area contributed by atoms with Gasteiger partial charge < -0.3 is 5.73 Å². The van der Waals surface area contributed by atoms with Crippen LogP contribution in [-0.2, 0) is 4.87 Å². The van der Waals surface area contributed by atoms with Crippen LogP contribution in [0.2, 0.25) is 0 Å². The van der Waals surface area contributed by atoms with Gasteiger partial charge in [0.25, 0.3) is 0 Å². The smallest absolute Gasteiger partial charge is 0.180 e. The Hall–Kier alpha value is -1.16. The molecular formula is C9H11N3S. The topological polar surface area (TPSA) is 50.4 Å². The van der Waals surface area contributed by atoms with E-state index in [2.05, 4.69) is 29.6 Å². The van der Waals surface area contributed by atoms with Gasteiger partial charge in [0, 0.05) is 0 Å². The molecule has 1 aliphatic heterocycles. The van der Waals surface area contributed by atoms with Gasteiger partial charge in [-0.3, -0.25) is 5.43 Å². The number of rotatable bonds is 1. The van der Waals surface area contributed by atoms with Crippen molar-refractivity contribution in [2.24, 2.45) is 10.8 Å². The fourth-order valence-electron chi connectivity index (χ4n) is 1.30. The maximum atomic E-state index is 5.60. The first kappa shape index (κ1) is 8.44. The zero-order valence-corrected chi connectivity index (χ0v) is 8.14. The summed E-state index contributed by atoms with van der Waals surface area (Å²) < 4.78 is 0. The zero-order valence-electron chi connectivity index (χ0n) is 7.32. The third-order valence-electron chi connectivity index (χ3n) is 2.01. The predicted octanol–water partition coefficient (Wildman–Crippen LogP) is 1.43. The number of nitrogens with one attached hydrogen (secondary N) is 1. The standard InChI is InChI=1S/C9H11N3S/c1-9(12-11-8(10)13-9)7-5-3-2-4-6-7/h2-6,12H,1H3,(H2,10,11). The fraction of sp³-hybridized carbons (Fsp3) is 0.222. The second-order valence-electron chi connectivity index (χ2n) is 3.06. The van der Waals surface area contributed by atoms with Gasteiger partial charge in [0.05, 0.1) is 0 Å². The van der Waals surface area contributed by atoms with Gasteiger partial charge in [0.2, 0.25) is 0 Å². The lowest BCUT2D eigenvalue weighted by Gasteiger charge is -2.22. The number of thioether (sulfide) groups is 1. The molecule has 0 bridgehead atoms. The molecule has 2 rings (SSSR count). The van der Waals surface area contributed by atoms with Gasteiger partial charge >= 0.3 is 0 Å². The zero-order chi connectivity index (χ0) is 9.31. The first-order valence-electron chi connectivity index (χ1n) is 4.05. The highest BCUT2D eigenvalue weighted by molar-refractivity contribution is 8.14. The van der Waals surface area contributed by atoms with Gasteiger partial charge in [-0.1, -0.05) is 42.1 Å². The number of hydrazone groups is 1. The lowest BCUT2D eigenvalue weighted by atomic mass is 10.1. The summed E-state index contributed by atoms with van der Waals surface area (Å²) in [5.41, 5.74) is 9.81. The molecule has 0 saturated carbocycles. The van der Waals surface area contributed by atoms with Crippen LogP contribution in [0.4, 0.5) is 0 Å². The quantitative estimate of drug-likeness (QED) is 0.709. The number of hydrogen-bond acceptors (Lipinski definition) is 4. The van der Waals surface area contributed by atoms with Crippen molar-refractivity contribution in [2.45, 2.75) is 11.8 Å². The van der Waals surface area contributed by atoms with Crippen LogP contribution in [-0.4, -0.2) is 5.17 Å². The van der Waals surface area contributed by atoms with Crippen LogP contribution < -0.4 is 11.2 Å². The first-order chi connectivity index (χ1) is 6.21. The second-order valence-corrected chi connectivity index (χ2v) is 4.50. The summed E-state index contributed by atoms with van der Waals surface area (Å²) in [7, 11) is 0. The van der Waals surface area contributed by atoms with Crippen molar-refractivity contribution >= 4 is 16.9 Å². The normalized spacial score (nSPS) is 26.7. The van der Waals surface area contributed by atoms with Crippen molar-refractivity contribution < 1.29 is 0 Å². The highest BCUT2D eigenvalue weighted by atomic mass is 32.2. The van der Waals surface area contributed by atoms with E-state index in [0.29, 0.717) is 5.17 Å². The Balaban J connectivity index is 2.28. The van der Waals surface area contributed by atoms with Crippen molar-refractivity contribution in [3.63, 3.8) is 0 Å². The van der Waals surface area contributed by atoms with Crippen LogP contribution in [0.1, 0.15) is 12.5 Å². The molecular weight excluding hydrogens is 182 g/mol. The SMILES string of the molecule is CC1(c2ccccc2)NN=C(N)S1. The van der Waals surface area contributed by atoms with Crippen LogP contribution in [0.5, 0.6) is 0 Å². The summed E-state index contributed by atoms with van der Waals surface area (Å²) in [4.78, 5) is -0.203. The minimum Gasteiger partial charge on any atom is -0.377 e. The summed E-state index contributed by atoms with van der Waals surface area (Å²) >= 11 is 1.54.